The van der Waals surface area contributed by atoms with Crippen LogP contribution in [-0.4, -0.2) is 39.9 Å². The number of pyridine rings is 1. The van der Waals surface area contributed by atoms with Gasteiger partial charge in [0, 0.05) is 43.1 Å². The molecule has 1 aromatic carbocycles. The fraction of sp³-hybridized carbons (Fsp3) is 0.348. The number of nitrogens with one attached hydrogen (secondary N) is 1. The second-order valence-corrected chi connectivity index (χ2v) is 7.41. The summed E-state index contributed by atoms with van der Waals surface area (Å²) in [6.07, 6.45) is 7.09. The summed E-state index contributed by atoms with van der Waals surface area (Å²) in [4.78, 5) is 16.4. The van der Waals surface area contributed by atoms with Crippen LogP contribution in [0.3, 0.4) is 0 Å². The highest BCUT2D eigenvalue weighted by Gasteiger charge is 2.17. The molecule has 30 heavy (non-hydrogen) atoms. The van der Waals surface area contributed by atoms with Crippen molar-refractivity contribution in [3.8, 4) is 22.5 Å². The number of benzene rings is 1. The predicted octanol–water partition coefficient (Wildman–Crippen LogP) is 3.83. The van der Waals surface area contributed by atoms with E-state index in [1.165, 1.54) is 12.1 Å². The largest absolute Gasteiger partial charge is 0.378 e. The van der Waals surface area contributed by atoms with Gasteiger partial charge in [-0.25, -0.2) is 4.39 Å². The lowest BCUT2D eigenvalue weighted by molar-refractivity contribution is -0.121. The van der Waals surface area contributed by atoms with Crippen LogP contribution >= 0.6 is 0 Å². The predicted molar refractivity (Wildman–Crippen MR) is 112 cm³/mol. The van der Waals surface area contributed by atoms with Crippen molar-refractivity contribution in [3.05, 3.63) is 60.7 Å². The Labute approximate surface area is 175 Å². The average molecular weight is 408 g/mol. The quantitative estimate of drug-likeness (QED) is 0.615. The van der Waals surface area contributed by atoms with Crippen molar-refractivity contribution in [1.29, 1.82) is 0 Å². The van der Waals surface area contributed by atoms with Crippen molar-refractivity contribution >= 4 is 5.91 Å². The van der Waals surface area contributed by atoms with Crippen LogP contribution in [0.5, 0.6) is 0 Å². The van der Waals surface area contributed by atoms with Crippen LogP contribution in [0.2, 0.25) is 0 Å². The number of ether oxygens (including phenoxy) is 1. The van der Waals surface area contributed by atoms with E-state index in [2.05, 4.69) is 15.4 Å². The summed E-state index contributed by atoms with van der Waals surface area (Å²) >= 11 is 0. The van der Waals surface area contributed by atoms with E-state index in [1.807, 2.05) is 22.9 Å². The molecule has 7 heteroatoms. The van der Waals surface area contributed by atoms with Crippen molar-refractivity contribution in [3.63, 3.8) is 0 Å². The molecule has 1 atom stereocenters. The molecule has 1 saturated heterocycles. The molecule has 0 bridgehead atoms. The highest BCUT2D eigenvalue weighted by molar-refractivity contribution is 5.75. The first-order valence-corrected chi connectivity index (χ1v) is 10.3. The Balaban J connectivity index is 1.43. The Hall–Kier alpha value is -3.06. The topological polar surface area (TPSA) is 69.0 Å². The van der Waals surface area contributed by atoms with Crippen molar-refractivity contribution < 1.29 is 13.9 Å². The van der Waals surface area contributed by atoms with Gasteiger partial charge < -0.3 is 10.1 Å². The third-order valence-electron chi connectivity index (χ3n) is 5.24. The maximum atomic E-state index is 13.3. The van der Waals surface area contributed by atoms with E-state index in [0.717, 1.165) is 48.4 Å². The van der Waals surface area contributed by atoms with Crippen LogP contribution in [0.4, 0.5) is 4.39 Å². The minimum absolute atomic E-state index is 0.0272. The van der Waals surface area contributed by atoms with Gasteiger partial charge in [0.05, 0.1) is 24.0 Å². The molecule has 1 fully saturated rings. The first kappa shape index (κ1) is 20.2. The number of aromatic nitrogens is 3. The van der Waals surface area contributed by atoms with E-state index < -0.39 is 0 Å². The third kappa shape index (κ3) is 5.10. The summed E-state index contributed by atoms with van der Waals surface area (Å²) in [5, 5.41) is 7.66. The smallest absolute Gasteiger partial charge is 0.220 e. The van der Waals surface area contributed by atoms with E-state index in [4.69, 9.17) is 4.74 Å². The summed E-state index contributed by atoms with van der Waals surface area (Å²) in [6.45, 7) is 1.80. The average Bonchev–Trinajstić information content (AvgIpc) is 3.44. The molecule has 1 aliphatic heterocycles. The zero-order chi connectivity index (χ0) is 20.8. The Kier molecular flexibility index (Phi) is 6.49. The monoisotopic (exact) mass is 408 g/mol. The Morgan fingerprint density at radius 2 is 2.10 bits per heavy atom. The normalized spacial score (nSPS) is 16.0. The Morgan fingerprint density at radius 3 is 2.83 bits per heavy atom. The van der Waals surface area contributed by atoms with E-state index >= 15 is 0 Å². The third-order valence-corrected chi connectivity index (χ3v) is 5.24. The molecule has 1 amide bonds. The highest BCUT2D eigenvalue weighted by atomic mass is 19.1. The summed E-state index contributed by atoms with van der Waals surface area (Å²) in [6, 6.07) is 12.1. The molecule has 2 aromatic heterocycles. The second-order valence-electron chi connectivity index (χ2n) is 7.41. The number of halogens is 1. The fourth-order valence-corrected chi connectivity index (χ4v) is 3.65. The Bertz CT molecular complexity index is 967. The molecular formula is C23H25FN4O2. The summed E-state index contributed by atoms with van der Waals surface area (Å²) < 4.78 is 20.7. The summed E-state index contributed by atoms with van der Waals surface area (Å²) in [5.74, 6) is -0.254. The molecule has 1 aliphatic rings. The Morgan fingerprint density at radius 1 is 1.23 bits per heavy atom. The molecule has 0 aliphatic carbocycles. The van der Waals surface area contributed by atoms with Crippen LogP contribution in [-0.2, 0) is 16.1 Å². The van der Waals surface area contributed by atoms with Gasteiger partial charge >= 0.3 is 0 Å². The van der Waals surface area contributed by atoms with Crippen LogP contribution in [0.15, 0.2) is 54.9 Å². The lowest BCUT2D eigenvalue weighted by Gasteiger charge is -2.11. The number of amides is 1. The lowest BCUT2D eigenvalue weighted by atomic mass is 10.1. The zero-order valence-corrected chi connectivity index (χ0v) is 16.8. The molecule has 0 saturated carbocycles. The van der Waals surface area contributed by atoms with Gasteiger partial charge in [-0.1, -0.05) is 0 Å². The molecule has 0 radical (unpaired) electrons. The molecular weight excluding hydrogens is 383 g/mol. The number of hydrogen-bond donors (Lipinski definition) is 1. The standard InChI is InChI=1S/C23H25FN4O2/c24-19-7-5-17(6-8-19)21-15-22(18-3-1-11-25-16-18)28(27-21)13-12-26-23(29)10-9-20-4-2-14-30-20/h1,3,5-8,11,15-16,20H,2,4,9-10,12-14H2,(H,26,29)/t20-/m0/s1. The lowest BCUT2D eigenvalue weighted by Crippen LogP contribution is -2.28. The number of hydrogen-bond acceptors (Lipinski definition) is 4. The highest BCUT2D eigenvalue weighted by Crippen LogP contribution is 2.26. The molecule has 4 rings (SSSR count). The van der Waals surface area contributed by atoms with Gasteiger partial charge in [-0.2, -0.15) is 5.10 Å². The minimum Gasteiger partial charge on any atom is -0.378 e. The van der Waals surface area contributed by atoms with E-state index in [9.17, 15) is 9.18 Å². The number of carbonyl (C=O) groups is 1. The number of nitrogens with zero attached hydrogens (tertiary/aromatic N) is 3. The maximum absolute atomic E-state index is 13.3. The molecule has 3 heterocycles. The van der Waals surface area contributed by atoms with Crippen LogP contribution < -0.4 is 5.32 Å². The molecule has 156 valence electrons. The van der Waals surface area contributed by atoms with E-state index in [0.29, 0.717) is 19.5 Å². The van der Waals surface area contributed by atoms with Crippen molar-refractivity contribution in [2.24, 2.45) is 0 Å². The van der Waals surface area contributed by atoms with Crippen LogP contribution in [0.25, 0.3) is 22.5 Å². The van der Waals surface area contributed by atoms with Crippen LogP contribution in [0, 0.1) is 5.82 Å². The van der Waals surface area contributed by atoms with E-state index in [1.54, 1.807) is 24.5 Å². The van der Waals surface area contributed by atoms with Crippen LogP contribution in [0.1, 0.15) is 25.7 Å². The first-order valence-electron chi connectivity index (χ1n) is 10.3. The number of carbonyl (C=O) groups excluding carboxylic acids is 1. The molecule has 3 aromatic rings. The van der Waals surface area contributed by atoms with Crippen molar-refractivity contribution in [2.75, 3.05) is 13.2 Å². The molecule has 0 spiro atoms. The summed E-state index contributed by atoms with van der Waals surface area (Å²) in [7, 11) is 0. The first-order chi connectivity index (χ1) is 14.7. The molecule has 6 nitrogen and oxygen atoms in total. The zero-order valence-electron chi connectivity index (χ0n) is 16.8. The van der Waals surface area contributed by atoms with Gasteiger partial charge in [0.2, 0.25) is 5.91 Å². The number of rotatable bonds is 8. The minimum atomic E-state index is -0.281. The van der Waals surface area contributed by atoms with Gasteiger partial charge in [0.15, 0.2) is 0 Å². The molecule has 0 unspecified atom stereocenters. The van der Waals surface area contributed by atoms with Gasteiger partial charge in [0.1, 0.15) is 5.82 Å². The maximum Gasteiger partial charge on any atom is 0.220 e. The van der Waals surface area contributed by atoms with Gasteiger partial charge in [0.25, 0.3) is 0 Å². The van der Waals surface area contributed by atoms with E-state index in [-0.39, 0.29) is 17.8 Å². The van der Waals surface area contributed by atoms with Gasteiger partial charge in [-0.3, -0.25) is 14.5 Å². The van der Waals surface area contributed by atoms with Crippen molar-refractivity contribution in [2.45, 2.75) is 38.3 Å². The van der Waals surface area contributed by atoms with Gasteiger partial charge in [-0.05, 0) is 61.7 Å². The van der Waals surface area contributed by atoms with Crippen molar-refractivity contribution in [1.82, 2.24) is 20.1 Å². The molecule has 1 N–H and O–H groups in total. The SMILES string of the molecule is O=C(CC[C@@H]1CCCO1)NCCn1nc(-c2ccc(F)cc2)cc1-c1cccnc1. The van der Waals surface area contributed by atoms with Gasteiger partial charge in [-0.15, -0.1) is 0 Å². The summed E-state index contributed by atoms with van der Waals surface area (Å²) in [5.41, 5.74) is 3.42. The second kappa shape index (κ2) is 9.63. The fourth-order valence-electron chi connectivity index (χ4n) is 3.65.